The molecule has 0 unspecified atom stereocenters. The van der Waals surface area contributed by atoms with E-state index < -0.39 is 10.0 Å². The standard InChI is InChI=1S/C17H20N4O4S/c1-3-20-11-19-15-10-21(9-8-14(15)17(20)23)26(24,25)13-6-4-12(5-7-13)16(22)18-2/h4-7,11H,3,8-10H2,1-2H3,(H,18,22). The topological polar surface area (TPSA) is 101 Å². The maximum atomic E-state index is 12.9. The van der Waals surface area contributed by atoms with Crippen LogP contribution in [0, 0.1) is 0 Å². The van der Waals surface area contributed by atoms with Crippen molar-refractivity contribution in [2.24, 2.45) is 0 Å². The number of benzene rings is 1. The first-order valence-electron chi connectivity index (χ1n) is 8.28. The summed E-state index contributed by atoms with van der Waals surface area (Å²) in [6, 6.07) is 5.78. The third-order valence-corrected chi connectivity index (χ3v) is 6.34. The van der Waals surface area contributed by atoms with Gasteiger partial charge in [0.15, 0.2) is 0 Å². The minimum atomic E-state index is -3.73. The molecule has 9 heteroatoms. The van der Waals surface area contributed by atoms with Crippen LogP contribution in [0.2, 0.25) is 0 Å². The first-order chi connectivity index (χ1) is 12.4. The Kier molecular flexibility index (Phi) is 4.92. The lowest BCUT2D eigenvalue weighted by Crippen LogP contribution is -2.40. The van der Waals surface area contributed by atoms with Crippen LogP contribution in [-0.4, -0.2) is 41.8 Å². The van der Waals surface area contributed by atoms with Crippen LogP contribution in [0.15, 0.2) is 40.3 Å². The second kappa shape index (κ2) is 7.00. The Balaban J connectivity index is 1.88. The molecule has 3 rings (SSSR count). The van der Waals surface area contributed by atoms with Crippen molar-refractivity contribution in [2.75, 3.05) is 13.6 Å². The van der Waals surface area contributed by atoms with E-state index in [1.165, 1.54) is 46.5 Å². The zero-order valence-corrected chi connectivity index (χ0v) is 15.4. The molecule has 0 spiro atoms. The van der Waals surface area contributed by atoms with Gasteiger partial charge in [-0.15, -0.1) is 0 Å². The molecule has 2 heterocycles. The van der Waals surface area contributed by atoms with Gasteiger partial charge >= 0.3 is 0 Å². The van der Waals surface area contributed by atoms with Crippen LogP contribution in [0.3, 0.4) is 0 Å². The largest absolute Gasteiger partial charge is 0.355 e. The predicted octanol–water partition coefficient (Wildman–Crippen LogP) is 0.370. The van der Waals surface area contributed by atoms with E-state index in [0.29, 0.717) is 29.8 Å². The van der Waals surface area contributed by atoms with Crippen LogP contribution in [0.25, 0.3) is 0 Å². The summed E-state index contributed by atoms with van der Waals surface area (Å²) in [4.78, 5) is 28.3. The van der Waals surface area contributed by atoms with Crippen molar-refractivity contribution in [1.82, 2.24) is 19.2 Å². The predicted molar refractivity (Wildman–Crippen MR) is 95.3 cm³/mol. The highest BCUT2D eigenvalue weighted by Gasteiger charge is 2.30. The van der Waals surface area contributed by atoms with E-state index in [1.54, 1.807) is 0 Å². The number of carbonyl (C=O) groups excluding carboxylic acids is 1. The first kappa shape index (κ1) is 18.3. The van der Waals surface area contributed by atoms with Gasteiger partial charge in [-0.3, -0.25) is 14.2 Å². The highest BCUT2D eigenvalue weighted by molar-refractivity contribution is 7.89. The second-order valence-corrected chi connectivity index (χ2v) is 7.89. The summed E-state index contributed by atoms with van der Waals surface area (Å²) >= 11 is 0. The Labute approximate surface area is 151 Å². The SMILES string of the molecule is CCn1cnc2c(c1=O)CCN(S(=O)(=O)c1ccc(C(=O)NC)cc1)C2. The maximum absolute atomic E-state index is 12.9. The number of aryl methyl sites for hydroxylation is 1. The van der Waals surface area contributed by atoms with Crippen molar-refractivity contribution in [3.8, 4) is 0 Å². The van der Waals surface area contributed by atoms with Gasteiger partial charge in [0.25, 0.3) is 11.5 Å². The smallest absolute Gasteiger partial charge is 0.256 e. The molecule has 0 saturated heterocycles. The van der Waals surface area contributed by atoms with Crippen molar-refractivity contribution in [1.29, 1.82) is 0 Å². The molecular weight excluding hydrogens is 356 g/mol. The fourth-order valence-corrected chi connectivity index (χ4v) is 4.34. The Morgan fingerprint density at radius 2 is 1.96 bits per heavy atom. The zero-order chi connectivity index (χ0) is 18.9. The van der Waals surface area contributed by atoms with Crippen LogP contribution in [0.1, 0.15) is 28.5 Å². The van der Waals surface area contributed by atoms with E-state index in [-0.39, 0.29) is 29.5 Å². The molecule has 0 aliphatic carbocycles. The van der Waals surface area contributed by atoms with E-state index in [0.717, 1.165) is 0 Å². The van der Waals surface area contributed by atoms with Gasteiger partial charge in [-0.25, -0.2) is 13.4 Å². The molecule has 1 N–H and O–H groups in total. The minimum Gasteiger partial charge on any atom is -0.355 e. The highest BCUT2D eigenvalue weighted by Crippen LogP contribution is 2.22. The monoisotopic (exact) mass is 376 g/mol. The molecule has 1 aromatic heterocycles. The van der Waals surface area contributed by atoms with Gasteiger partial charge in [0.05, 0.1) is 23.5 Å². The normalized spacial score (nSPS) is 14.7. The average molecular weight is 376 g/mol. The number of nitrogens with zero attached hydrogens (tertiary/aromatic N) is 3. The summed E-state index contributed by atoms with van der Waals surface area (Å²) in [7, 11) is -2.22. The lowest BCUT2D eigenvalue weighted by Gasteiger charge is -2.27. The van der Waals surface area contributed by atoms with E-state index in [1.807, 2.05) is 6.92 Å². The van der Waals surface area contributed by atoms with Gasteiger partial charge in [-0.2, -0.15) is 4.31 Å². The van der Waals surface area contributed by atoms with E-state index in [9.17, 15) is 18.0 Å². The minimum absolute atomic E-state index is 0.0641. The highest BCUT2D eigenvalue weighted by atomic mass is 32.2. The molecule has 138 valence electrons. The first-order valence-corrected chi connectivity index (χ1v) is 9.72. The number of fused-ring (bicyclic) bond motifs is 1. The van der Waals surface area contributed by atoms with E-state index in [4.69, 9.17) is 0 Å². The number of sulfonamides is 1. The maximum Gasteiger partial charge on any atom is 0.256 e. The third-order valence-electron chi connectivity index (χ3n) is 4.48. The number of hydrogen-bond acceptors (Lipinski definition) is 5. The Morgan fingerprint density at radius 1 is 1.27 bits per heavy atom. The van der Waals surface area contributed by atoms with Gasteiger partial charge in [0.1, 0.15) is 0 Å². The number of aromatic nitrogens is 2. The number of carbonyl (C=O) groups is 1. The summed E-state index contributed by atoms with van der Waals surface area (Å²) in [6.07, 6.45) is 1.78. The lowest BCUT2D eigenvalue weighted by atomic mass is 10.1. The average Bonchev–Trinajstić information content (AvgIpc) is 2.67. The van der Waals surface area contributed by atoms with Crippen molar-refractivity contribution in [3.63, 3.8) is 0 Å². The van der Waals surface area contributed by atoms with Crippen LogP contribution < -0.4 is 10.9 Å². The lowest BCUT2D eigenvalue weighted by molar-refractivity contribution is 0.0963. The van der Waals surface area contributed by atoms with E-state index in [2.05, 4.69) is 10.3 Å². The number of rotatable bonds is 4. The molecular formula is C17H20N4O4S. The summed E-state index contributed by atoms with van der Waals surface area (Å²) in [5, 5.41) is 2.49. The molecule has 0 fully saturated rings. The molecule has 0 saturated carbocycles. The Hall–Kier alpha value is -2.52. The van der Waals surface area contributed by atoms with Gasteiger partial charge in [-0.05, 0) is 37.6 Å². The van der Waals surface area contributed by atoms with Gasteiger partial charge in [-0.1, -0.05) is 0 Å². The molecule has 1 aromatic carbocycles. The van der Waals surface area contributed by atoms with Crippen LogP contribution in [0.4, 0.5) is 0 Å². The van der Waals surface area contributed by atoms with Crippen molar-refractivity contribution < 1.29 is 13.2 Å². The Morgan fingerprint density at radius 3 is 2.58 bits per heavy atom. The zero-order valence-electron chi connectivity index (χ0n) is 14.6. The van der Waals surface area contributed by atoms with Crippen molar-refractivity contribution >= 4 is 15.9 Å². The molecule has 0 atom stereocenters. The molecule has 26 heavy (non-hydrogen) atoms. The molecule has 0 bridgehead atoms. The van der Waals surface area contributed by atoms with Crippen LogP contribution in [0.5, 0.6) is 0 Å². The second-order valence-electron chi connectivity index (χ2n) is 5.95. The molecule has 1 aliphatic rings. The fraction of sp³-hybridized carbons (Fsp3) is 0.353. The summed E-state index contributed by atoms with van der Waals surface area (Å²) < 4.78 is 28.6. The van der Waals surface area contributed by atoms with Crippen molar-refractivity contribution in [2.45, 2.75) is 31.3 Å². The van der Waals surface area contributed by atoms with Crippen LogP contribution in [-0.2, 0) is 29.5 Å². The molecule has 1 aliphatic heterocycles. The fourth-order valence-electron chi connectivity index (χ4n) is 2.94. The summed E-state index contributed by atoms with van der Waals surface area (Å²) in [5.41, 5.74) is 1.36. The van der Waals surface area contributed by atoms with Gasteiger partial charge in [0.2, 0.25) is 10.0 Å². The number of hydrogen-bond donors (Lipinski definition) is 1. The summed E-state index contributed by atoms with van der Waals surface area (Å²) in [6.45, 7) is 2.67. The number of nitrogens with one attached hydrogen (secondary N) is 1. The third kappa shape index (κ3) is 3.15. The molecule has 8 nitrogen and oxygen atoms in total. The van der Waals surface area contributed by atoms with Gasteiger partial charge in [0, 0.05) is 31.3 Å². The quantitative estimate of drug-likeness (QED) is 0.831. The Bertz CT molecular complexity index is 996. The van der Waals surface area contributed by atoms with E-state index >= 15 is 0 Å². The van der Waals surface area contributed by atoms with Gasteiger partial charge < -0.3 is 5.32 Å². The van der Waals surface area contributed by atoms with Crippen molar-refractivity contribution in [3.05, 3.63) is 57.8 Å². The molecule has 2 aromatic rings. The number of amides is 1. The van der Waals surface area contributed by atoms with Crippen LogP contribution >= 0.6 is 0 Å². The molecule has 1 amide bonds. The summed E-state index contributed by atoms with van der Waals surface area (Å²) in [5.74, 6) is -0.280. The molecule has 0 radical (unpaired) electrons.